The molecule has 1 heteroatoms. The lowest BCUT2D eigenvalue weighted by atomic mass is 9.81. The molecule has 0 fully saturated rings. The summed E-state index contributed by atoms with van der Waals surface area (Å²) in [5.74, 6) is 0. The molecule has 2 aliphatic rings. The van der Waals surface area contributed by atoms with E-state index in [9.17, 15) is 0 Å². The maximum Gasteiger partial charge on any atom is 0.0465 e. The molecule has 11 aromatic carbocycles. The van der Waals surface area contributed by atoms with Crippen molar-refractivity contribution in [2.24, 2.45) is 0 Å². The molecule has 0 atom stereocenters. The Bertz CT molecular complexity index is 3760. The van der Waals surface area contributed by atoms with Gasteiger partial charge < -0.3 is 4.90 Å². The van der Waals surface area contributed by atoms with Crippen molar-refractivity contribution in [3.05, 3.63) is 247 Å². The molecule has 318 valence electrons. The molecule has 0 N–H and O–H groups in total. The second-order valence-corrected chi connectivity index (χ2v) is 19.7. The Kier molecular flexibility index (Phi) is 8.67. The average molecular weight is 856 g/mol. The lowest BCUT2D eigenvalue weighted by Crippen LogP contribution is -2.16. The Balaban J connectivity index is 0.849. The Morgan fingerprint density at radius 3 is 1.22 bits per heavy atom. The SMILES string of the molecule is CC1(C)c2ccccc2-c2ccc(N(c3ccc(-c4ccccc4)cc3)c3ccc(-c4ccc(-c5ccc6c(c5)c5ccccc5c5cc7c(cc65)C(C)(C)c5ccccc5-7)cc4)cc3)cc21. The van der Waals surface area contributed by atoms with Crippen molar-refractivity contribution in [3.63, 3.8) is 0 Å². The first-order chi connectivity index (χ1) is 32.7. The molecule has 1 nitrogen and oxygen atoms in total. The Hall–Kier alpha value is -8.00. The van der Waals surface area contributed by atoms with Crippen molar-refractivity contribution in [2.45, 2.75) is 38.5 Å². The molecule has 0 unspecified atom stereocenters. The van der Waals surface area contributed by atoms with Crippen LogP contribution in [0.2, 0.25) is 0 Å². The van der Waals surface area contributed by atoms with Gasteiger partial charge in [0, 0.05) is 27.9 Å². The minimum atomic E-state index is -0.0962. The van der Waals surface area contributed by atoms with Crippen LogP contribution in [0.1, 0.15) is 49.9 Å². The van der Waals surface area contributed by atoms with Crippen LogP contribution in [0.4, 0.5) is 17.1 Å². The van der Waals surface area contributed by atoms with Gasteiger partial charge in [-0.05, 0) is 165 Å². The van der Waals surface area contributed by atoms with Crippen LogP contribution in [0.3, 0.4) is 0 Å². The summed E-state index contributed by atoms with van der Waals surface area (Å²) in [4.78, 5) is 2.40. The van der Waals surface area contributed by atoms with E-state index >= 15 is 0 Å². The molecule has 0 amide bonds. The van der Waals surface area contributed by atoms with Crippen LogP contribution < -0.4 is 4.90 Å². The van der Waals surface area contributed by atoms with Crippen molar-refractivity contribution in [1.82, 2.24) is 0 Å². The topological polar surface area (TPSA) is 3.24 Å². The molecule has 0 saturated heterocycles. The highest BCUT2D eigenvalue weighted by Gasteiger charge is 2.37. The van der Waals surface area contributed by atoms with E-state index < -0.39 is 0 Å². The molecule has 2 aliphatic carbocycles. The largest absolute Gasteiger partial charge is 0.310 e. The minimum Gasteiger partial charge on any atom is -0.310 e. The first-order valence-corrected chi connectivity index (χ1v) is 23.7. The number of fused-ring (bicyclic) bond motifs is 12. The van der Waals surface area contributed by atoms with E-state index in [2.05, 4.69) is 257 Å². The van der Waals surface area contributed by atoms with Crippen LogP contribution in [-0.4, -0.2) is 0 Å². The number of hydrogen-bond donors (Lipinski definition) is 0. The smallest absolute Gasteiger partial charge is 0.0465 e. The molecule has 67 heavy (non-hydrogen) atoms. The van der Waals surface area contributed by atoms with E-state index in [0.29, 0.717) is 0 Å². The summed E-state index contributed by atoms with van der Waals surface area (Å²) in [6.45, 7) is 9.46. The van der Waals surface area contributed by atoms with Gasteiger partial charge in [-0.1, -0.05) is 198 Å². The Morgan fingerprint density at radius 2 is 0.627 bits per heavy atom. The molecule has 0 radical (unpaired) electrons. The summed E-state index contributed by atoms with van der Waals surface area (Å²) in [6.07, 6.45) is 0. The van der Waals surface area contributed by atoms with Gasteiger partial charge in [-0.3, -0.25) is 0 Å². The number of hydrogen-bond acceptors (Lipinski definition) is 1. The first kappa shape index (κ1) is 39.4. The molecule has 0 aromatic heterocycles. The monoisotopic (exact) mass is 855 g/mol. The van der Waals surface area contributed by atoms with E-state index in [-0.39, 0.29) is 10.8 Å². The fraction of sp³-hybridized carbons (Fsp3) is 0.0909. The summed E-state index contributed by atoms with van der Waals surface area (Å²) >= 11 is 0. The van der Waals surface area contributed by atoms with Crippen LogP contribution >= 0.6 is 0 Å². The Morgan fingerprint density at radius 1 is 0.239 bits per heavy atom. The lowest BCUT2D eigenvalue weighted by molar-refractivity contribution is 0.660. The number of nitrogens with zero attached hydrogens (tertiary/aromatic N) is 1. The zero-order valence-electron chi connectivity index (χ0n) is 38.3. The zero-order chi connectivity index (χ0) is 45.0. The van der Waals surface area contributed by atoms with Crippen molar-refractivity contribution in [3.8, 4) is 55.6 Å². The van der Waals surface area contributed by atoms with E-state index in [4.69, 9.17) is 0 Å². The van der Waals surface area contributed by atoms with E-state index in [0.717, 1.165) is 17.1 Å². The third kappa shape index (κ3) is 6.08. The van der Waals surface area contributed by atoms with Gasteiger partial charge in [-0.2, -0.15) is 0 Å². The maximum atomic E-state index is 2.49. The minimum absolute atomic E-state index is 0.0538. The van der Waals surface area contributed by atoms with Crippen molar-refractivity contribution < 1.29 is 0 Å². The van der Waals surface area contributed by atoms with Gasteiger partial charge in [0.1, 0.15) is 0 Å². The molecule has 0 aliphatic heterocycles. The summed E-state index contributed by atoms with van der Waals surface area (Å²) in [5.41, 5.74) is 21.5. The highest BCUT2D eigenvalue weighted by Crippen LogP contribution is 2.53. The second kappa shape index (κ2) is 14.8. The van der Waals surface area contributed by atoms with Crippen LogP contribution in [-0.2, 0) is 10.8 Å². The summed E-state index contributed by atoms with van der Waals surface area (Å²) in [7, 11) is 0. The van der Waals surface area contributed by atoms with E-state index in [1.807, 2.05) is 0 Å². The van der Waals surface area contributed by atoms with Crippen LogP contribution in [0.5, 0.6) is 0 Å². The maximum absolute atomic E-state index is 2.49. The molecule has 13 rings (SSSR count). The molecule has 0 saturated carbocycles. The number of anilines is 3. The second-order valence-electron chi connectivity index (χ2n) is 19.7. The Labute approximate surface area is 393 Å². The summed E-state index contributed by atoms with van der Waals surface area (Å²) in [6, 6.07) is 83.7. The van der Waals surface area contributed by atoms with Gasteiger partial charge in [0.15, 0.2) is 0 Å². The van der Waals surface area contributed by atoms with Gasteiger partial charge in [0.05, 0.1) is 0 Å². The van der Waals surface area contributed by atoms with Crippen molar-refractivity contribution in [2.75, 3.05) is 4.90 Å². The molecule has 0 heterocycles. The molecule has 11 aromatic rings. The van der Waals surface area contributed by atoms with Gasteiger partial charge in [-0.15, -0.1) is 0 Å². The summed E-state index contributed by atoms with van der Waals surface area (Å²) < 4.78 is 0. The zero-order valence-corrected chi connectivity index (χ0v) is 38.3. The molecule has 0 bridgehead atoms. The number of rotatable bonds is 6. The van der Waals surface area contributed by atoms with Crippen LogP contribution in [0.25, 0.3) is 88.0 Å². The van der Waals surface area contributed by atoms with Gasteiger partial charge in [0.2, 0.25) is 0 Å². The third-order valence-electron chi connectivity index (χ3n) is 15.3. The number of benzene rings is 11. The van der Waals surface area contributed by atoms with E-state index in [1.165, 1.54) is 110 Å². The molecule has 0 spiro atoms. The first-order valence-electron chi connectivity index (χ1n) is 23.7. The fourth-order valence-corrected chi connectivity index (χ4v) is 11.7. The standard InChI is InChI=1S/C66H49N/c1-65(2)61-20-12-10-18-54(61)56-37-35-50(39-63(56)65)67(48-31-26-44(27-32-48)42-14-6-5-7-15-42)49-33-28-45(29-34-49)43-22-24-46(25-23-43)47-30-36-53-57(38-47)51-16-8-9-17-52(51)58-40-60-55-19-11-13-21-62(55)66(3,4)64(60)41-59(53)58/h5-41H,1-4H3. The van der Waals surface area contributed by atoms with Crippen LogP contribution in [0.15, 0.2) is 224 Å². The predicted molar refractivity (Wildman–Crippen MR) is 285 cm³/mol. The van der Waals surface area contributed by atoms with Crippen LogP contribution in [0, 0.1) is 0 Å². The predicted octanol–water partition coefficient (Wildman–Crippen LogP) is 18.2. The van der Waals surface area contributed by atoms with Crippen molar-refractivity contribution >= 4 is 49.4 Å². The lowest BCUT2D eigenvalue weighted by Gasteiger charge is -2.28. The van der Waals surface area contributed by atoms with Gasteiger partial charge >= 0.3 is 0 Å². The van der Waals surface area contributed by atoms with Crippen molar-refractivity contribution in [1.29, 1.82) is 0 Å². The molecular formula is C66H49N. The molecular weight excluding hydrogens is 807 g/mol. The third-order valence-corrected chi connectivity index (χ3v) is 15.3. The van der Waals surface area contributed by atoms with Gasteiger partial charge in [-0.25, -0.2) is 0 Å². The quantitative estimate of drug-likeness (QED) is 0.151. The average Bonchev–Trinajstić information content (AvgIpc) is 3.75. The highest BCUT2D eigenvalue weighted by atomic mass is 15.1. The summed E-state index contributed by atoms with van der Waals surface area (Å²) in [5, 5.41) is 7.85. The fourth-order valence-electron chi connectivity index (χ4n) is 11.7. The highest BCUT2D eigenvalue weighted by molar-refractivity contribution is 6.26. The van der Waals surface area contributed by atoms with E-state index in [1.54, 1.807) is 0 Å². The van der Waals surface area contributed by atoms with Gasteiger partial charge in [0.25, 0.3) is 0 Å². The normalized spacial score (nSPS) is 13.9.